The smallest absolute Gasteiger partial charge is 0.340 e. The van der Waals surface area contributed by atoms with E-state index >= 15 is 0 Å². The number of hydrogen-bond acceptors (Lipinski definition) is 8. The van der Waals surface area contributed by atoms with E-state index in [9.17, 15) is 20.0 Å². The molecule has 0 radical (unpaired) electrons. The minimum absolute atomic E-state index is 0.0719. The number of aromatic nitrogens is 3. The zero-order valence-electron chi connectivity index (χ0n) is 14.5. The summed E-state index contributed by atoms with van der Waals surface area (Å²) in [7, 11) is 2.76. The summed E-state index contributed by atoms with van der Waals surface area (Å²) in [5, 5.41) is 21.0. The summed E-state index contributed by atoms with van der Waals surface area (Å²) in [6.45, 7) is 1.49. The SMILES string of the molecule is COc1cc(OC)nc(Oc2ccc3[nH]c(C)c([N+](=O)[O-])c3c2C(=O)O)n1. The zero-order chi connectivity index (χ0) is 19.7. The molecule has 1 aromatic carbocycles. The molecule has 11 heteroatoms. The van der Waals surface area contributed by atoms with Crippen LogP contribution < -0.4 is 14.2 Å². The van der Waals surface area contributed by atoms with Gasteiger partial charge in [0.15, 0.2) is 0 Å². The maximum Gasteiger partial charge on any atom is 0.340 e. The van der Waals surface area contributed by atoms with Crippen molar-refractivity contribution in [2.45, 2.75) is 6.92 Å². The van der Waals surface area contributed by atoms with Crippen molar-refractivity contribution in [3.05, 3.63) is 39.6 Å². The van der Waals surface area contributed by atoms with E-state index < -0.39 is 10.9 Å². The Labute approximate surface area is 151 Å². The number of ether oxygens (including phenoxy) is 3. The number of H-pyrrole nitrogens is 1. The first-order valence-electron chi connectivity index (χ1n) is 7.53. The molecule has 0 saturated heterocycles. The van der Waals surface area contributed by atoms with Crippen LogP contribution >= 0.6 is 0 Å². The highest BCUT2D eigenvalue weighted by molar-refractivity contribution is 6.10. The Morgan fingerprint density at radius 3 is 2.37 bits per heavy atom. The number of aromatic amines is 1. The summed E-state index contributed by atoms with van der Waals surface area (Å²) in [6.07, 6.45) is 0. The number of rotatable bonds is 6. The summed E-state index contributed by atoms with van der Waals surface area (Å²) in [6, 6.07) is 4.02. The van der Waals surface area contributed by atoms with Crippen LogP contribution in [0.3, 0.4) is 0 Å². The summed E-state index contributed by atoms with van der Waals surface area (Å²) < 4.78 is 15.5. The molecule has 2 heterocycles. The quantitative estimate of drug-likeness (QED) is 0.490. The Hall–Kier alpha value is -3.89. The first-order valence-corrected chi connectivity index (χ1v) is 7.53. The summed E-state index contributed by atoms with van der Waals surface area (Å²) in [4.78, 5) is 33.3. The number of nitrogens with zero attached hydrogens (tertiary/aromatic N) is 3. The first-order chi connectivity index (χ1) is 12.8. The van der Waals surface area contributed by atoms with Gasteiger partial charge in [-0.15, -0.1) is 0 Å². The number of fused-ring (bicyclic) bond motifs is 1. The zero-order valence-corrected chi connectivity index (χ0v) is 14.5. The van der Waals surface area contributed by atoms with E-state index in [1.54, 1.807) is 0 Å². The molecule has 2 aromatic heterocycles. The maximum atomic E-state index is 11.8. The normalized spacial score (nSPS) is 10.6. The van der Waals surface area contributed by atoms with E-state index in [4.69, 9.17) is 14.2 Å². The van der Waals surface area contributed by atoms with Crippen LogP contribution in [0, 0.1) is 17.0 Å². The van der Waals surface area contributed by atoms with Crippen molar-refractivity contribution in [2.75, 3.05) is 14.2 Å². The molecule has 2 N–H and O–H groups in total. The molecule has 0 aliphatic carbocycles. The van der Waals surface area contributed by atoms with Crippen LogP contribution in [0.15, 0.2) is 18.2 Å². The van der Waals surface area contributed by atoms with E-state index in [2.05, 4.69) is 15.0 Å². The second-order valence-corrected chi connectivity index (χ2v) is 5.36. The molecule has 0 bridgehead atoms. The minimum Gasteiger partial charge on any atom is -0.481 e. The Balaban J connectivity index is 2.21. The molecule has 0 atom stereocenters. The van der Waals surface area contributed by atoms with Crippen molar-refractivity contribution in [1.29, 1.82) is 0 Å². The predicted octanol–water partition coefficient (Wildman–Crippen LogP) is 2.68. The third kappa shape index (κ3) is 3.17. The fraction of sp³-hybridized carbons (Fsp3) is 0.188. The van der Waals surface area contributed by atoms with Gasteiger partial charge >= 0.3 is 12.0 Å². The third-order valence-electron chi connectivity index (χ3n) is 3.76. The molecule has 0 saturated carbocycles. The number of aromatic carboxylic acids is 1. The molecule has 0 spiro atoms. The summed E-state index contributed by atoms with van der Waals surface area (Å²) in [5.41, 5.74) is -0.187. The average Bonchev–Trinajstić information content (AvgIpc) is 2.96. The lowest BCUT2D eigenvalue weighted by molar-refractivity contribution is -0.383. The van der Waals surface area contributed by atoms with Gasteiger partial charge in [0.25, 0.3) is 5.69 Å². The number of benzene rings is 1. The van der Waals surface area contributed by atoms with Gasteiger partial charge in [0, 0.05) is 0 Å². The number of carboxylic acid groups (broad SMARTS) is 1. The van der Waals surface area contributed by atoms with E-state index in [0.717, 1.165) is 0 Å². The lowest BCUT2D eigenvalue weighted by Gasteiger charge is -2.10. The van der Waals surface area contributed by atoms with Crippen LogP contribution in [0.1, 0.15) is 16.1 Å². The number of carboxylic acids is 1. The second-order valence-electron chi connectivity index (χ2n) is 5.36. The van der Waals surface area contributed by atoms with E-state index in [-0.39, 0.29) is 45.9 Å². The molecule has 3 rings (SSSR count). The number of nitrogens with one attached hydrogen (secondary N) is 1. The molecule has 0 aliphatic heterocycles. The van der Waals surface area contributed by atoms with Crippen LogP contribution in [0.5, 0.6) is 23.5 Å². The van der Waals surface area contributed by atoms with Crippen molar-refractivity contribution in [2.24, 2.45) is 0 Å². The number of methoxy groups -OCH3 is 2. The van der Waals surface area contributed by atoms with Crippen LogP contribution in [0.2, 0.25) is 0 Å². The van der Waals surface area contributed by atoms with Crippen LogP contribution in [0.4, 0.5) is 5.69 Å². The molecule has 0 aliphatic rings. The third-order valence-corrected chi connectivity index (χ3v) is 3.76. The second kappa shape index (κ2) is 6.78. The number of nitro groups is 1. The maximum absolute atomic E-state index is 11.8. The van der Waals surface area contributed by atoms with Gasteiger partial charge in [0.2, 0.25) is 11.8 Å². The van der Waals surface area contributed by atoms with Gasteiger partial charge in [-0.1, -0.05) is 0 Å². The fourth-order valence-corrected chi connectivity index (χ4v) is 2.64. The molecular weight excluding hydrogens is 360 g/mol. The Kier molecular flexibility index (Phi) is 4.50. The van der Waals surface area contributed by atoms with Crippen molar-refractivity contribution in [3.8, 4) is 23.5 Å². The molecule has 140 valence electrons. The Morgan fingerprint density at radius 2 is 1.85 bits per heavy atom. The van der Waals surface area contributed by atoms with Crippen LogP contribution in [0.25, 0.3) is 10.9 Å². The van der Waals surface area contributed by atoms with Gasteiger partial charge in [-0.05, 0) is 19.1 Å². The van der Waals surface area contributed by atoms with Gasteiger partial charge in [-0.3, -0.25) is 10.1 Å². The van der Waals surface area contributed by atoms with E-state index in [1.807, 2.05) is 0 Å². The molecule has 0 amide bonds. The molecular formula is C16H14N4O7. The highest BCUT2D eigenvalue weighted by atomic mass is 16.6. The van der Waals surface area contributed by atoms with Gasteiger partial charge in [0.05, 0.1) is 41.8 Å². The molecule has 0 fully saturated rings. The standard InChI is InChI=1S/C16H14N4O7/c1-7-14(20(23)24)12-8(17-7)4-5-9(13(12)15(21)22)27-16-18-10(25-2)6-11(19-16)26-3/h4-6,17H,1-3H3,(H,21,22). The molecule has 11 nitrogen and oxygen atoms in total. The summed E-state index contributed by atoms with van der Waals surface area (Å²) >= 11 is 0. The first kappa shape index (κ1) is 17.9. The van der Waals surface area contributed by atoms with E-state index in [0.29, 0.717) is 5.52 Å². The molecule has 27 heavy (non-hydrogen) atoms. The highest BCUT2D eigenvalue weighted by Crippen LogP contribution is 2.38. The Bertz CT molecular complexity index is 1040. The van der Waals surface area contributed by atoms with Gasteiger partial charge in [-0.25, -0.2) is 4.79 Å². The van der Waals surface area contributed by atoms with Gasteiger partial charge < -0.3 is 24.3 Å². The number of aryl methyl sites for hydroxylation is 1. The lowest BCUT2D eigenvalue weighted by atomic mass is 10.1. The largest absolute Gasteiger partial charge is 0.481 e. The minimum atomic E-state index is -1.40. The van der Waals surface area contributed by atoms with Crippen LogP contribution in [-0.4, -0.2) is 45.2 Å². The van der Waals surface area contributed by atoms with E-state index in [1.165, 1.54) is 39.3 Å². The molecule has 3 aromatic rings. The van der Waals surface area contributed by atoms with Crippen LogP contribution in [-0.2, 0) is 0 Å². The van der Waals surface area contributed by atoms with Crippen molar-refractivity contribution < 1.29 is 29.0 Å². The highest BCUT2D eigenvalue weighted by Gasteiger charge is 2.28. The summed E-state index contributed by atoms with van der Waals surface area (Å²) in [5.74, 6) is -1.28. The topological polar surface area (TPSA) is 150 Å². The fourth-order valence-electron chi connectivity index (χ4n) is 2.64. The predicted molar refractivity (Wildman–Crippen MR) is 91.9 cm³/mol. The molecule has 0 unspecified atom stereocenters. The Morgan fingerprint density at radius 1 is 1.22 bits per heavy atom. The monoisotopic (exact) mass is 374 g/mol. The van der Waals surface area contributed by atoms with Crippen molar-refractivity contribution in [3.63, 3.8) is 0 Å². The lowest BCUT2D eigenvalue weighted by Crippen LogP contribution is -2.04. The number of carbonyl (C=O) groups is 1. The van der Waals surface area contributed by atoms with Crippen molar-refractivity contribution >= 4 is 22.6 Å². The average molecular weight is 374 g/mol. The van der Waals surface area contributed by atoms with Crippen molar-refractivity contribution in [1.82, 2.24) is 15.0 Å². The van der Waals surface area contributed by atoms with Gasteiger partial charge in [0.1, 0.15) is 11.3 Å². The number of hydrogen-bond donors (Lipinski definition) is 2. The van der Waals surface area contributed by atoms with Gasteiger partial charge in [-0.2, -0.15) is 9.97 Å².